The quantitative estimate of drug-likeness (QED) is 0.208. The molecule has 0 aliphatic carbocycles. The van der Waals surface area contributed by atoms with Gasteiger partial charge >= 0.3 is 0 Å². The molecule has 39 heavy (non-hydrogen) atoms. The molecule has 2 amide bonds. The number of nitrogens with zero attached hydrogens (tertiary/aromatic N) is 3. The molecule has 0 aliphatic heterocycles. The van der Waals surface area contributed by atoms with Crippen molar-refractivity contribution in [1.29, 1.82) is 0 Å². The molecule has 2 aromatic carbocycles. The zero-order valence-electron chi connectivity index (χ0n) is 21.8. The minimum atomic E-state index is -0.173. The third kappa shape index (κ3) is 6.13. The van der Waals surface area contributed by atoms with Crippen molar-refractivity contribution in [3.63, 3.8) is 0 Å². The summed E-state index contributed by atoms with van der Waals surface area (Å²) < 4.78 is 0. The highest BCUT2D eigenvalue weighted by atomic mass is 32.1. The van der Waals surface area contributed by atoms with Crippen LogP contribution in [0, 0.1) is 0 Å². The van der Waals surface area contributed by atoms with Crippen molar-refractivity contribution in [3.05, 3.63) is 102 Å². The molecule has 5 aromatic rings. The number of nitrogens with one attached hydrogen (secondary N) is 2. The summed E-state index contributed by atoms with van der Waals surface area (Å²) in [6.07, 6.45) is 3.68. The summed E-state index contributed by atoms with van der Waals surface area (Å²) in [5, 5.41) is 7.23. The zero-order valence-corrected chi connectivity index (χ0v) is 22.7. The first-order valence-corrected chi connectivity index (χ1v) is 13.7. The molecule has 3 heterocycles. The van der Waals surface area contributed by atoms with Crippen LogP contribution >= 0.6 is 11.3 Å². The molecular weight excluding hydrogens is 506 g/mol. The van der Waals surface area contributed by atoms with E-state index < -0.39 is 0 Å². The van der Waals surface area contributed by atoms with E-state index in [-0.39, 0.29) is 11.8 Å². The molecule has 7 nitrogen and oxygen atoms in total. The Morgan fingerprint density at radius 1 is 0.923 bits per heavy atom. The summed E-state index contributed by atoms with van der Waals surface area (Å²) in [4.78, 5) is 38.4. The lowest BCUT2D eigenvalue weighted by Gasteiger charge is -2.19. The topological polar surface area (TPSA) is 87.2 Å². The Bertz CT molecular complexity index is 1570. The number of hydrogen-bond acceptors (Lipinski definition) is 6. The van der Waals surface area contributed by atoms with E-state index in [1.54, 1.807) is 11.1 Å². The van der Waals surface area contributed by atoms with Gasteiger partial charge in [0, 0.05) is 42.1 Å². The standard InChI is InChI=1S/C31H29N5O2S/c1-3-4-19-36(2)31(38)25-16-17-26(35-28(25)33-23-10-6-5-7-11-23)21-12-14-24(15-13-21)34-29(37)27-20-22-9-8-18-32-30(22)39-27/h5-18,20H,3-4,19H2,1-2H3,(H,33,35)(H,34,37). The molecule has 0 saturated carbocycles. The summed E-state index contributed by atoms with van der Waals surface area (Å²) in [6.45, 7) is 2.79. The van der Waals surface area contributed by atoms with Gasteiger partial charge in [-0.15, -0.1) is 11.3 Å². The molecule has 0 spiro atoms. The number of unbranched alkanes of at least 4 members (excludes halogenated alkanes) is 1. The average molecular weight is 536 g/mol. The van der Waals surface area contributed by atoms with Crippen molar-refractivity contribution < 1.29 is 9.59 Å². The Balaban J connectivity index is 1.37. The van der Waals surface area contributed by atoms with Crippen molar-refractivity contribution in [2.75, 3.05) is 24.2 Å². The first-order valence-electron chi connectivity index (χ1n) is 12.9. The molecule has 3 aromatic heterocycles. The molecule has 0 fully saturated rings. The summed E-state index contributed by atoms with van der Waals surface area (Å²) in [7, 11) is 1.82. The van der Waals surface area contributed by atoms with E-state index >= 15 is 0 Å². The van der Waals surface area contributed by atoms with Crippen LogP contribution in [0.15, 0.2) is 91.1 Å². The van der Waals surface area contributed by atoms with Crippen molar-refractivity contribution >= 4 is 50.6 Å². The zero-order chi connectivity index (χ0) is 27.2. The molecule has 0 aliphatic rings. The van der Waals surface area contributed by atoms with Crippen LogP contribution in [0.3, 0.4) is 0 Å². The number of anilines is 3. The third-order valence-corrected chi connectivity index (χ3v) is 7.37. The molecular formula is C31H29N5O2S. The summed E-state index contributed by atoms with van der Waals surface area (Å²) in [5.41, 5.74) is 3.63. The van der Waals surface area contributed by atoms with Gasteiger partial charge in [-0.3, -0.25) is 9.59 Å². The number of amides is 2. The van der Waals surface area contributed by atoms with Crippen LogP contribution in [0.2, 0.25) is 0 Å². The average Bonchev–Trinajstić information content (AvgIpc) is 3.41. The van der Waals surface area contributed by atoms with E-state index in [9.17, 15) is 9.59 Å². The lowest BCUT2D eigenvalue weighted by atomic mass is 10.1. The van der Waals surface area contributed by atoms with Crippen molar-refractivity contribution in [3.8, 4) is 11.3 Å². The molecule has 0 bridgehead atoms. The molecule has 0 saturated heterocycles. The van der Waals surface area contributed by atoms with Gasteiger partial charge in [0.15, 0.2) is 0 Å². The Kier molecular flexibility index (Phi) is 7.94. The Morgan fingerprint density at radius 2 is 1.72 bits per heavy atom. The monoisotopic (exact) mass is 535 g/mol. The van der Waals surface area contributed by atoms with E-state index in [0.717, 1.165) is 40.0 Å². The number of aromatic nitrogens is 2. The Hall–Kier alpha value is -4.56. The molecule has 0 unspecified atom stereocenters. The number of pyridine rings is 2. The molecule has 196 valence electrons. The summed E-state index contributed by atoms with van der Waals surface area (Å²) >= 11 is 1.37. The van der Waals surface area contributed by atoms with Gasteiger partial charge in [-0.2, -0.15) is 0 Å². The maximum Gasteiger partial charge on any atom is 0.265 e. The van der Waals surface area contributed by atoms with Crippen LogP contribution < -0.4 is 10.6 Å². The van der Waals surface area contributed by atoms with E-state index in [0.29, 0.717) is 28.5 Å². The lowest BCUT2D eigenvalue weighted by Crippen LogP contribution is -2.28. The predicted molar refractivity (Wildman–Crippen MR) is 159 cm³/mol. The molecule has 5 rings (SSSR count). The molecule has 8 heteroatoms. The maximum absolute atomic E-state index is 13.2. The van der Waals surface area contributed by atoms with Gasteiger partial charge in [0.1, 0.15) is 10.6 Å². The van der Waals surface area contributed by atoms with Crippen LogP contribution in [-0.4, -0.2) is 40.3 Å². The highest BCUT2D eigenvalue weighted by Gasteiger charge is 2.18. The smallest absolute Gasteiger partial charge is 0.265 e. The highest BCUT2D eigenvalue weighted by Crippen LogP contribution is 2.28. The van der Waals surface area contributed by atoms with E-state index in [4.69, 9.17) is 4.98 Å². The number of fused-ring (bicyclic) bond motifs is 1. The first-order chi connectivity index (χ1) is 19.0. The number of para-hydroxylation sites is 1. The Morgan fingerprint density at radius 3 is 2.46 bits per heavy atom. The first kappa shape index (κ1) is 26.1. The van der Waals surface area contributed by atoms with Gasteiger partial charge in [0.05, 0.1) is 16.1 Å². The van der Waals surface area contributed by atoms with E-state index in [1.807, 2.05) is 92.0 Å². The van der Waals surface area contributed by atoms with Gasteiger partial charge in [0.2, 0.25) is 0 Å². The SMILES string of the molecule is CCCCN(C)C(=O)c1ccc(-c2ccc(NC(=O)c3cc4cccnc4s3)cc2)nc1Nc1ccccc1. The number of benzene rings is 2. The van der Waals surface area contributed by atoms with Crippen LogP contribution in [0.4, 0.5) is 17.2 Å². The largest absolute Gasteiger partial charge is 0.342 e. The Labute approximate surface area is 231 Å². The predicted octanol–water partition coefficient (Wildman–Crippen LogP) is 7.23. The van der Waals surface area contributed by atoms with Crippen molar-refractivity contribution in [1.82, 2.24) is 14.9 Å². The fourth-order valence-electron chi connectivity index (χ4n) is 4.15. The second kappa shape index (κ2) is 11.9. The minimum Gasteiger partial charge on any atom is -0.342 e. The minimum absolute atomic E-state index is 0.0737. The van der Waals surface area contributed by atoms with Gasteiger partial charge < -0.3 is 15.5 Å². The third-order valence-electron chi connectivity index (χ3n) is 6.31. The van der Waals surface area contributed by atoms with Crippen LogP contribution in [0.1, 0.15) is 39.8 Å². The normalized spacial score (nSPS) is 10.8. The van der Waals surface area contributed by atoms with Crippen molar-refractivity contribution in [2.45, 2.75) is 19.8 Å². The second-order valence-corrected chi connectivity index (χ2v) is 10.2. The van der Waals surface area contributed by atoms with Crippen molar-refractivity contribution in [2.24, 2.45) is 0 Å². The van der Waals surface area contributed by atoms with Gasteiger partial charge in [0.25, 0.3) is 11.8 Å². The highest BCUT2D eigenvalue weighted by molar-refractivity contribution is 7.20. The molecule has 0 radical (unpaired) electrons. The van der Waals surface area contributed by atoms with Gasteiger partial charge in [-0.25, -0.2) is 9.97 Å². The number of carbonyl (C=O) groups is 2. The van der Waals surface area contributed by atoms with Crippen LogP contribution in [0.5, 0.6) is 0 Å². The summed E-state index contributed by atoms with van der Waals surface area (Å²) in [5.74, 6) is 0.256. The number of carbonyl (C=O) groups excluding carboxylic acids is 2. The van der Waals surface area contributed by atoms with Crippen LogP contribution in [-0.2, 0) is 0 Å². The van der Waals surface area contributed by atoms with Gasteiger partial charge in [-0.05, 0) is 55.0 Å². The van der Waals surface area contributed by atoms with E-state index in [2.05, 4.69) is 22.5 Å². The number of rotatable bonds is 9. The fraction of sp³-hybridized carbons (Fsp3) is 0.161. The van der Waals surface area contributed by atoms with Crippen LogP contribution in [0.25, 0.3) is 21.5 Å². The fourth-order valence-corrected chi connectivity index (χ4v) is 5.05. The molecule has 0 atom stereocenters. The summed E-state index contributed by atoms with van der Waals surface area (Å²) in [6, 6.07) is 26.5. The maximum atomic E-state index is 13.2. The lowest BCUT2D eigenvalue weighted by molar-refractivity contribution is 0.0793. The number of hydrogen-bond donors (Lipinski definition) is 2. The van der Waals surface area contributed by atoms with Gasteiger partial charge in [-0.1, -0.05) is 49.7 Å². The molecule has 2 N–H and O–H groups in total. The second-order valence-electron chi connectivity index (χ2n) is 9.20. The number of thiophene rings is 1. The van der Waals surface area contributed by atoms with E-state index in [1.165, 1.54) is 11.3 Å².